The Labute approximate surface area is 135 Å². The molecule has 0 saturated heterocycles. The van der Waals surface area contributed by atoms with Gasteiger partial charge in [0.15, 0.2) is 0 Å². The second kappa shape index (κ2) is 7.20. The van der Waals surface area contributed by atoms with E-state index in [4.69, 9.17) is 4.74 Å². The van der Waals surface area contributed by atoms with Gasteiger partial charge in [0.05, 0.1) is 0 Å². The van der Waals surface area contributed by atoms with E-state index in [1.54, 1.807) is 0 Å². The molecule has 2 atom stereocenters. The van der Waals surface area contributed by atoms with Crippen LogP contribution in [0.25, 0.3) is 0 Å². The Morgan fingerprint density at radius 1 is 1.18 bits per heavy atom. The van der Waals surface area contributed by atoms with Gasteiger partial charge in [0.2, 0.25) is 0 Å². The molecule has 2 fully saturated rings. The molecule has 2 rings (SSSR count). The molecule has 2 aliphatic carbocycles. The van der Waals surface area contributed by atoms with Gasteiger partial charge in [-0.15, -0.1) is 0 Å². The average Bonchev–Trinajstić information content (AvgIpc) is 3.04. The minimum atomic E-state index is -0.420. The van der Waals surface area contributed by atoms with Gasteiger partial charge in [0, 0.05) is 18.6 Å². The van der Waals surface area contributed by atoms with E-state index in [1.165, 1.54) is 32.1 Å². The van der Waals surface area contributed by atoms with Crippen molar-refractivity contribution in [2.24, 2.45) is 5.41 Å². The number of ether oxygens (including phenoxy) is 1. The van der Waals surface area contributed by atoms with E-state index in [0.717, 1.165) is 25.8 Å². The zero-order chi connectivity index (χ0) is 16.2. The first-order valence-corrected chi connectivity index (χ1v) is 9.05. The minimum Gasteiger partial charge on any atom is -0.444 e. The second-order valence-electron chi connectivity index (χ2n) is 8.29. The maximum absolute atomic E-state index is 11.8. The fraction of sp³-hybridized carbons (Fsp3) is 0.944. The van der Waals surface area contributed by atoms with Gasteiger partial charge in [0.1, 0.15) is 5.60 Å². The van der Waals surface area contributed by atoms with E-state index in [9.17, 15) is 4.79 Å². The maximum Gasteiger partial charge on any atom is 0.407 e. The lowest BCUT2D eigenvalue weighted by Gasteiger charge is -2.29. The molecule has 0 radical (unpaired) electrons. The molecule has 4 heteroatoms. The smallest absolute Gasteiger partial charge is 0.407 e. The van der Waals surface area contributed by atoms with Crippen LogP contribution in [0.15, 0.2) is 0 Å². The largest absolute Gasteiger partial charge is 0.444 e. The van der Waals surface area contributed by atoms with Crippen LogP contribution in [0, 0.1) is 5.41 Å². The summed E-state index contributed by atoms with van der Waals surface area (Å²) in [6.45, 7) is 9.17. The number of nitrogens with one attached hydrogen (secondary N) is 2. The Morgan fingerprint density at radius 3 is 2.41 bits per heavy atom. The van der Waals surface area contributed by atoms with Crippen molar-refractivity contribution >= 4 is 6.09 Å². The highest BCUT2D eigenvalue weighted by atomic mass is 16.6. The van der Waals surface area contributed by atoms with Gasteiger partial charge < -0.3 is 15.4 Å². The molecule has 0 spiro atoms. The van der Waals surface area contributed by atoms with E-state index in [1.807, 2.05) is 20.8 Å². The highest BCUT2D eigenvalue weighted by Gasteiger charge is 2.34. The van der Waals surface area contributed by atoms with Crippen LogP contribution in [0.4, 0.5) is 4.79 Å². The van der Waals surface area contributed by atoms with E-state index < -0.39 is 5.60 Å². The molecular weight excluding hydrogens is 276 g/mol. The van der Waals surface area contributed by atoms with Crippen molar-refractivity contribution in [3.63, 3.8) is 0 Å². The molecule has 0 aromatic rings. The van der Waals surface area contributed by atoms with Crippen molar-refractivity contribution in [2.75, 3.05) is 6.54 Å². The lowest BCUT2D eigenvalue weighted by Crippen LogP contribution is -2.40. The Hall–Kier alpha value is -0.770. The Morgan fingerprint density at radius 2 is 1.82 bits per heavy atom. The summed E-state index contributed by atoms with van der Waals surface area (Å²) in [5.41, 5.74) is 0.118. The Bertz CT molecular complexity index is 370. The van der Waals surface area contributed by atoms with Crippen molar-refractivity contribution in [3.05, 3.63) is 0 Å². The molecule has 2 unspecified atom stereocenters. The van der Waals surface area contributed by atoms with Gasteiger partial charge in [-0.05, 0) is 64.7 Å². The molecule has 2 N–H and O–H groups in total. The zero-order valence-electron chi connectivity index (χ0n) is 14.8. The first-order chi connectivity index (χ1) is 10.3. The molecule has 0 heterocycles. The average molecular weight is 310 g/mol. The summed E-state index contributed by atoms with van der Waals surface area (Å²) < 4.78 is 5.34. The SMILES string of the molecule is CCC1(CNC2CCC(NC(=O)OC(C)(C)C)C2)CCCC1. The molecule has 0 bridgehead atoms. The Balaban J connectivity index is 1.70. The summed E-state index contributed by atoms with van der Waals surface area (Å²) in [6, 6.07) is 0.803. The van der Waals surface area contributed by atoms with Crippen LogP contribution < -0.4 is 10.6 Å². The van der Waals surface area contributed by atoms with E-state index >= 15 is 0 Å². The van der Waals surface area contributed by atoms with Crippen LogP contribution >= 0.6 is 0 Å². The van der Waals surface area contributed by atoms with Gasteiger partial charge in [-0.25, -0.2) is 4.79 Å². The van der Waals surface area contributed by atoms with Gasteiger partial charge in [-0.3, -0.25) is 0 Å². The van der Waals surface area contributed by atoms with Crippen LogP contribution in [-0.2, 0) is 4.74 Å². The zero-order valence-corrected chi connectivity index (χ0v) is 14.8. The topological polar surface area (TPSA) is 50.4 Å². The molecule has 1 amide bonds. The quantitative estimate of drug-likeness (QED) is 0.807. The summed E-state index contributed by atoms with van der Waals surface area (Å²) in [4.78, 5) is 11.8. The maximum atomic E-state index is 11.8. The first-order valence-electron chi connectivity index (χ1n) is 9.05. The number of hydrogen-bond donors (Lipinski definition) is 2. The number of carbonyl (C=O) groups excluding carboxylic acids is 1. The van der Waals surface area contributed by atoms with Crippen LogP contribution in [0.2, 0.25) is 0 Å². The number of hydrogen-bond acceptors (Lipinski definition) is 3. The molecule has 2 aliphatic rings. The first kappa shape index (κ1) is 17.6. The molecule has 22 heavy (non-hydrogen) atoms. The molecule has 0 aliphatic heterocycles. The van der Waals surface area contributed by atoms with Gasteiger partial charge in [-0.2, -0.15) is 0 Å². The molecule has 2 saturated carbocycles. The third kappa shape index (κ3) is 5.15. The van der Waals surface area contributed by atoms with Crippen molar-refractivity contribution < 1.29 is 9.53 Å². The van der Waals surface area contributed by atoms with Crippen LogP contribution in [0.3, 0.4) is 0 Å². The monoisotopic (exact) mass is 310 g/mol. The predicted octanol–water partition coefficient (Wildman–Crippen LogP) is 3.99. The number of alkyl carbamates (subject to hydrolysis) is 1. The number of rotatable bonds is 5. The van der Waals surface area contributed by atoms with Crippen molar-refractivity contribution in [1.82, 2.24) is 10.6 Å². The van der Waals surface area contributed by atoms with E-state index in [-0.39, 0.29) is 12.1 Å². The molecular formula is C18H34N2O2. The summed E-state index contributed by atoms with van der Waals surface area (Å²) in [5.74, 6) is 0. The predicted molar refractivity (Wildman–Crippen MR) is 90.0 cm³/mol. The summed E-state index contributed by atoms with van der Waals surface area (Å²) in [5, 5.41) is 6.79. The lowest BCUT2D eigenvalue weighted by atomic mass is 9.83. The second-order valence-corrected chi connectivity index (χ2v) is 8.29. The third-order valence-corrected chi connectivity index (χ3v) is 5.33. The number of amides is 1. The summed E-state index contributed by atoms with van der Waals surface area (Å²) >= 11 is 0. The highest BCUT2D eigenvalue weighted by Crippen LogP contribution is 2.40. The van der Waals surface area contributed by atoms with Gasteiger partial charge in [0.25, 0.3) is 0 Å². The van der Waals surface area contributed by atoms with Crippen molar-refractivity contribution in [3.8, 4) is 0 Å². The standard InChI is InChI=1S/C18H34N2O2/c1-5-18(10-6-7-11-18)13-19-14-8-9-15(12-14)20-16(21)22-17(2,3)4/h14-15,19H,5-13H2,1-4H3,(H,20,21). The summed E-state index contributed by atoms with van der Waals surface area (Å²) in [7, 11) is 0. The highest BCUT2D eigenvalue weighted by molar-refractivity contribution is 5.68. The van der Waals surface area contributed by atoms with Crippen LogP contribution in [-0.4, -0.2) is 30.3 Å². The molecule has 0 aromatic carbocycles. The summed E-state index contributed by atoms with van der Waals surface area (Å²) in [6.07, 6.45) is 9.78. The lowest BCUT2D eigenvalue weighted by molar-refractivity contribution is 0.0505. The normalized spacial score (nSPS) is 27.8. The fourth-order valence-corrected chi connectivity index (χ4v) is 3.91. The van der Waals surface area contributed by atoms with Crippen LogP contribution in [0.5, 0.6) is 0 Å². The third-order valence-electron chi connectivity index (χ3n) is 5.33. The molecule has 128 valence electrons. The Kier molecular flexibility index (Phi) is 5.76. The van der Waals surface area contributed by atoms with Gasteiger partial charge >= 0.3 is 6.09 Å². The van der Waals surface area contributed by atoms with Gasteiger partial charge in [-0.1, -0.05) is 19.8 Å². The minimum absolute atomic E-state index is 0.258. The van der Waals surface area contributed by atoms with E-state index in [0.29, 0.717) is 11.5 Å². The van der Waals surface area contributed by atoms with Crippen molar-refractivity contribution in [1.29, 1.82) is 0 Å². The van der Waals surface area contributed by atoms with E-state index in [2.05, 4.69) is 17.6 Å². The molecule has 0 aromatic heterocycles. The fourth-order valence-electron chi connectivity index (χ4n) is 3.91. The van der Waals surface area contributed by atoms with Crippen molar-refractivity contribution in [2.45, 2.75) is 96.7 Å². The number of carbonyl (C=O) groups is 1. The molecule has 4 nitrogen and oxygen atoms in total. The van der Waals surface area contributed by atoms with Crippen LogP contribution in [0.1, 0.15) is 79.1 Å².